The second kappa shape index (κ2) is 8.93. The van der Waals surface area contributed by atoms with Crippen molar-refractivity contribution in [2.75, 3.05) is 20.6 Å². The molecular formula is C22H27FN2O. The van der Waals surface area contributed by atoms with Crippen LogP contribution in [0.25, 0.3) is 0 Å². The number of hydrogen-bond acceptors (Lipinski definition) is 3. The van der Waals surface area contributed by atoms with Gasteiger partial charge in [0.1, 0.15) is 11.4 Å². The monoisotopic (exact) mass is 354 g/mol. The SMILES string of the molecule is CC.CN(C)CCCC1(c2ccc(F)cc2)OCc2cc(C#N)ccc21. The Balaban J connectivity index is 0.00000117. The zero-order chi connectivity index (χ0) is 19.2. The molecule has 1 heterocycles. The molecule has 1 atom stereocenters. The lowest BCUT2D eigenvalue weighted by molar-refractivity contribution is -0.0140. The van der Waals surface area contributed by atoms with E-state index in [0.717, 1.165) is 36.1 Å². The highest BCUT2D eigenvalue weighted by atomic mass is 19.1. The average Bonchev–Trinajstić information content (AvgIpc) is 3.02. The first-order chi connectivity index (χ1) is 12.5. The molecule has 0 bridgehead atoms. The number of benzene rings is 2. The maximum atomic E-state index is 13.4. The normalized spacial score (nSPS) is 18.0. The van der Waals surface area contributed by atoms with Gasteiger partial charge in [0.15, 0.2) is 0 Å². The van der Waals surface area contributed by atoms with E-state index in [4.69, 9.17) is 10.00 Å². The van der Waals surface area contributed by atoms with Gasteiger partial charge in [0.05, 0.1) is 18.2 Å². The van der Waals surface area contributed by atoms with Crippen molar-refractivity contribution in [3.8, 4) is 6.07 Å². The molecule has 0 radical (unpaired) electrons. The number of rotatable bonds is 5. The maximum absolute atomic E-state index is 13.4. The number of hydrogen-bond donors (Lipinski definition) is 0. The van der Waals surface area contributed by atoms with E-state index in [1.165, 1.54) is 12.1 Å². The summed E-state index contributed by atoms with van der Waals surface area (Å²) >= 11 is 0. The summed E-state index contributed by atoms with van der Waals surface area (Å²) in [6.07, 6.45) is 1.78. The van der Waals surface area contributed by atoms with E-state index in [9.17, 15) is 4.39 Å². The largest absolute Gasteiger partial charge is 0.361 e. The third-order valence-electron chi connectivity index (χ3n) is 4.59. The summed E-state index contributed by atoms with van der Waals surface area (Å²) in [6.45, 7) is 5.43. The molecule has 1 aliphatic heterocycles. The first kappa shape index (κ1) is 20.1. The minimum absolute atomic E-state index is 0.250. The van der Waals surface area contributed by atoms with Gasteiger partial charge in [-0.05, 0) is 74.4 Å². The van der Waals surface area contributed by atoms with E-state index in [0.29, 0.717) is 12.2 Å². The fourth-order valence-corrected chi connectivity index (χ4v) is 3.41. The van der Waals surface area contributed by atoms with Gasteiger partial charge in [-0.3, -0.25) is 0 Å². The molecule has 2 aromatic carbocycles. The molecule has 3 rings (SSSR count). The van der Waals surface area contributed by atoms with Gasteiger partial charge in [-0.25, -0.2) is 4.39 Å². The Kier molecular flexibility index (Phi) is 6.90. The Morgan fingerprint density at radius 3 is 2.46 bits per heavy atom. The van der Waals surface area contributed by atoms with Crippen molar-refractivity contribution in [2.45, 2.75) is 38.9 Å². The van der Waals surface area contributed by atoms with E-state index < -0.39 is 5.60 Å². The van der Waals surface area contributed by atoms with Crippen molar-refractivity contribution in [1.82, 2.24) is 4.90 Å². The summed E-state index contributed by atoms with van der Waals surface area (Å²) in [5, 5.41) is 9.11. The first-order valence-corrected chi connectivity index (χ1v) is 9.13. The van der Waals surface area contributed by atoms with Gasteiger partial charge in [-0.15, -0.1) is 0 Å². The molecule has 2 aromatic rings. The van der Waals surface area contributed by atoms with Crippen LogP contribution in [-0.2, 0) is 16.9 Å². The summed E-state index contributed by atoms with van der Waals surface area (Å²) in [6, 6.07) is 14.5. The van der Waals surface area contributed by atoms with Crippen LogP contribution in [0, 0.1) is 17.1 Å². The molecule has 0 aromatic heterocycles. The van der Waals surface area contributed by atoms with Crippen LogP contribution in [0.15, 0.2) is 42.5 Å². The molecule has 0 amide bonds. The maximum Gasteiger partial charge on any atom is 0.123 e. The molecule has 138 valence electrons. The predicted octanol–water partition coefficient (Wildman–Crippen LogP) is 4.84. The lowest BCUT2D eigenvalue weighted by Gasteiger charge is -2.31. The number of fused-ring (bicyclic) bond motifs is 1. The second-order valence-electron chi connectivity index (χ2n) is 6.51. The van der Waals surface area contributed by atoms with Crippen LogP contribution in [0.5, 0.6) is 0 Å². The van der Waals surface area contributed by atoms with E-state index >= 15 is 0 Å². The van der Waals surface area contributed by atoms with Crippen molar-refractivity contribution in [2.24, 2.45) is 0 Å². The summed E-state index contributed by atoms with van der Waals surface area (Å²) in [5.74, 6) is -0.250. The van der Waals surface area contributed by atoms with E-state index in [1.54, 1.807) is 12.1 Å². The van der Waals surface area contributed by atoms with Crippen LogP contribution in [0.1, 0.15) is 48.9 Å². The highest BCUT2D eigenvalue weighted by Crippen LogP contribution is 2.45. The molecule has 1 unspecified atom stereocenters. The van der Waals surface area contributed by atoms with Crippen LogP contribution >= 0.6 is 0 Å². The minimum atomic E-state index is -0.562. The molecule has 26 heavy (non-hydrogen) atoms. The zero-order valence-electron chi connectivity index (χ0n) is 16.1. The summed E-state index contributed by atoms with van der Waals surface area (Å²) < 4.78 is 19.6. The van der Waals surface area contributed by atoms with Crippen LogP contribution < -0.4 is 0 Å². The molecule has 0 aliphatic carbocycles. The van der Waals surface area contributed by atoms with Gasteiger partial charge < -0.3 is 9.64 Å². The lowest BCUT2D eigenvalue weighted by Crippen LogP contribution is -2.28. The van der Waals surface area contributed by atoms with Crippen LogP contribution in [0.3, 0.4) is 0 Å². The van der Waals surface area contributed by atoms with Gasteiger partial charge in [0, 0.05) is 0 Å². The van der Waals surface area contributed by atoms with E-state index in [2.05, 4.69) is 11.0 Å². The third kappa shape index (κ3) is 4.12. The van der Waals surface area contributed by atoms with Gasteiger partial charge in [0.25, 0.3) is 0 Å². The quantitative estimate of drug-likeness (QED) is 0.771. The number of nitrogens with zero attached hydrogens (tertiary/aromatic N) is 2. The molecule has 4 heteroatoms. The van der Waals surface area contributed by atoms with Gasteiger partial charge in [-0.1, -0.05) is 32.0 Å². The minimum Gasteiger partial charge on any atom is -0.361 e. The van der Waals surface area contributed by atoms with Crippen molar-refractivity contribution < 1.29 is 9.13 Å². The van der Waals surface area contributed by atoms with E-state index in [1.807, 2.05) is 46.1 Å². The zero-order valence-corrected chi connectivity index (χ0v) is 16.1. The Morgan fingerprint density at radius 1 is 1.15 bits per heavy atom. The first-order valence-electron chi connectivity index (χ1n) is 9.13. The van der Waals surface area contributed by atoms with Crippen LogP contribution in [-0.4, -0.2) is 25.5 Å². The van der Waals surface area contributed by atoms with Crippen molar-refractivity contribution in [3.63, 3.8) is 0 Å². The summed E-state index contributed by atoms with van der Waals surface area (Å²) in [7, 11) is 4.10. The highest BCUT2D eigenvalue weighted by Gasteiger charge is 2.41. The molecule has 1 aliphatic rings. The topological polar surface area (TPSA) is 36.3 Å². The predicted molar refractivity (Wildman–Crippen MR) is 102 cm³/mol. The van der Waals surface area contributed by atoms with Gasteiger partial charge in [0.2, 0.25) is 0 Å². The fourth-order valence-electron chi connectivity index (χ4n) is 3.41. The standard InChI is InChI=1S/C20H21FN2O.C2H6/c1-23(2)11-3-10-20(17-5-7-18(21)8-6-17)19-9-4-15(13-22)12-16(19)14-24-20;1-2/h4-9,12H,3,10-11,14H2,1-2H3;1-2H3. The molecule has 0 N–H and O–H groups in total. The van der Waals surface area contributed by atoms with Gasteiger partial charge >= 0.3 is 0 Å². The molecule has 0 saturated carbocycles. The Bertz CT molecular complexity index is 765. The Hall–Kier alpha value is -2.22. The summed E-state index contributed by atoms with van der Waals surface area (Å²) in [5.41, 5.74) is 3.18. The fraction of sp³-hybridized carbons (Fsp3) is 0.409. The lowest BCUT2D eigenvalue weighted by atomic mass is 9.81. The molecule has 3 nitrogen and oxygen atoms in total. The molecule has 0 spiro atoms. The molecule has 0 fully saturated rings. The second-order valence-corrected chi connectivity index (χ2v) is 6.51. The summed E-state index contributed by atoms with van der Waals surface area (Å²) in [4.78, 5) is 2.15. The van der Waals surface area contributed by atoms with E-state index in [-0.39, 0.29) is 5.82 Å². The molecular weight excluding hydrogens is 327 g/mol. The van der Waals surface area contributed by atoms with Crippen molar-refractivity contribution in [1.29, 1.82) is 5.26 Å². The smallest absolute Gasteiger partial charge is 0.123 e. The van der Waals surface area contributed by atoms with Crippen LogP contribution in [0.2, 0.25) is 0 Å². The van der Waals surface area contributed by atoms with Crippen LogP contribution in [0.4, 0.5) is 4.39 Å². The number of nitriles is 1. The van der Waals surface area contributed by atoms with Crippen molar-refractivity contribution in [3.05, 3.63) is 70.5 Å². The highest BCUT2D eigenvalue weighted by molar-refractivity contribution is 5.47. The third-order valence-corrected chi connectivity index (χ3v) is 4.59. The average molecular weight is 354 g/mol. The number of ether oxygens (including phenoxy) is 1. The molecule has 0 saturated heterocycles. The van der Waals surface area contributed by atoms with Gasteiger partial charge in [-0.2, -0.15) is 5.26 Å². The van der Waals surface area contributed by atoms with Crippen molar-refractivity contribution >= 4 is 0 Å². The number of halogens is 1. The Labute approximate surface area is 156 Å². The Morgan fingerprint density at radius 2 is 1.85 bits per heavy atom.